The molecule has 1 N–H and O–H groups in total. The molecule has 140 valence electrons. The third-order valence-corrected chi connectivity index (χ3v) is 5.12. The molecule has 1 aliphatic rings. The Balaban J connectivity index is 1.79. The Bertz CT molecular complexity index is 833. The summed E-state index contributed by atoms with van der Waals surface area (Å²) in [4.78, 5) is 31.2. The van der Waals surface area contributed by atoms with Gasteiger partial charge in [-0.15, -0.1) is 0 Å². The minimum absolute atomic E-state index is 0.0812. The zero-order valence-corrected chi connectivity index (χ0v) is 15.8. The topological polar surface area (TPSA) is 69.5 Å². The summed E-state index contributed by atoms with van der Waals surface area (Å²) in [6.07, 6.45) is 3.18. The summed E-state index contributed by atoms with van der Waals surface area (Å²) in [5, 5.41) is 0. The number of carbonyl (C=O) groups excluding carboxylic acids is 1. The molecule has 0 fully saturated rings. The fourth-order valence-electron chi connectivity index (χ4n) is 3.49. The lowest BCUT2D eigenvalue weighted by atomic mass is 10.0. The largest absolute Gasteiger partial charge is 0.456 e. The summed E-state index contributed by atoms with van der Waals surface area (Å²) in [5.74, 6) is 1.22. The summed E-state index contributed by atoms with van der Waals surface area (Å²) >= 11 is 0. The van der Waals surface area contributed by atoms with E-state index in [0.29, 0.717) is 25.3 Å². The molecule has 3 rings (SSSR count). The number of amides is 1. The monoisotopic (exact) mass is 357 g/mol. The molecule has 0 saturated heterocycles. The summed E-state index contributed by atoms with van der Waals surface area (Å²) in [6, 6.07) is 3.53. The van der Waals surface area contributed by atoms with Gasteiger partial charge in [0, 0.05) is 43.9 Å². The Kier molecular flexibility index (Phi) is 5.61. The number of carbonyl (C=O) groups is 1. The highest BCUT2D eigenvalue weighted by Crippen LogP contribution is 2.23. The van der Waals surface area contributed by atoms with E-state index in [-0.39, 0.29) is 11.5 Å². The minimum atomic E-state index is -0.0943. The van der Waals surface area contributed by atoms with Crippen molar-refractivity contribution in [2.45, 2.75) is 46.7 Å². The van der Waals surface area contributed by atoms with Crippen molar-refractivity contribution in [3.8, 4) is 0 Å². The Morgan fingerprint density at radius 1 is 1.23 bits per heavy atom. The van der Waals surface area contributed by atoms with E-state index in [1.807, 2.05) is 13.0 Å². The number of fused-ring (bicyclic) bond motifs is 1. The molecule has 26 heavy (non-hydrogen) atoms. The van der Waals surface area contributed by atoms with Crippen molar-refractivity contribution in [2.24, 2.45) is 0 Å². The van der Waals surface area contributed by atoms with Crippen LogP contribution in [0.1, 0.15) is 53.8 Å². The van der Waals surface area contributed by atoms with E-state index in [0.717, 1.165) is 48.5 Å². The van der Waals surface area contributed by atoms with Crippen molar-refractivity contribution in [1.29, 1.82) is 0 Å². The molecular weight excluding hydrogens is 330 g/mol. The number of hydrogen-bond acceptors (Lipinski definition) is 4. The van der Waals surface area contributed by atoms with Crippen LogP contribution in [0.25, 0.3) is 0 Å². The first-order valence-electron chi connectivity index (χ1n) is 9.39. The molecule has 1 amide bonds. The number of aromatic amines is 1. The van der Waals surface area contributed by atoms with Crippen molar-refractivity contribution in [2.75, 3.05) is 19.6 Å². The SMILES string of the molecule is CCc1oc(C(=O)N2CCc3cc(=O)[nH]cc3C2)cc1CN(CC)CC. The summed E-state index contributed by atoms with van der Waals surface area (Å²) in [7, 11) is 0. The zero-order chi connectivity index (χ0) is 18.7. The van der Waals surface area contributed by atoms with Crippen LogP contribution in [0.2, 0.25) is 0 Å². The van der Waals surface area contributed by atoms with Gasteiger partial charge in [0.25, 0.3) is 5.91 Å². The van der Waals surface area contributed by atoms with Gasteiger partial charge in [0.1, 0.15) is 5.76 Å². The van der Waals surface area contributed by atoms with Gasteiger partial charge in [-0.1, -0.05) is 20.8 Å². The zero-order valence-electron chi connectivity index (χ0n) is 15.8. The third kappa shape index (κ3) is 3.75. The highest BCUT2D eigenvalue weighted by molar-refractivity contribution is 5.92. The molecule has 0 atom stereocenters. The molecular formula is C20H27N3O3. The lowest BCUT2D eigenvalue weighted by molar-refractivity contribution is 0.0700. The first kappa shape index (κ1) is 18.5. The molecule has 1 aliphatic heterocycles. The Hall–Kier alpha value is -2.34. The van der Waals surface area contributed by atoms with Crippen LogP contribution in [0.5, 0.6) is 0 Å². The van der Waals surface area contributed by atoms with Gasteiger partial charge < -0.3 is 14.3 Å². The van der Waals surface area contributed by atoms with E-state index >= 15 is 0 Å². The molecule has 0 aromatic carbocycles. The Labute approximate surface area is 153 Å². The number of rotatable bonds is 6. The molecule has 0 unspecified atom stereocenters. The molecule has 6 heteroatoms. The second-order valence-electron chi connectivity index (χ2n) is 6.70. The number of furan rings is 1. The predicted octanol–water partition coefficient (Wildman–Crippen LogP) is 2.57. The fourth-order valence-corrected chi connectivity index (χ4v) is 3.49. The second kappa shape index (κ2) is 7.91. The number of nitrogens with one attached hydrogen (secondary N) is 1. The molecule has 0 bridgehead atoms. The predicted molar refractivity (Wildman–Crippen MR) is 100 cm³/mol. The first-order chi connectivity index (χ1) is 12.5. The lowest BCUT2D eigenvalue weighted by Crippen LogP contribution is -2.36. The van der Waals surface area contributed by atoms with Gasteiger partial charge in [0.05, 0.1) is 0 Å². The molecule has 3 heterocycles. The maximum absolute atomic E-state index is 12.9. The van der Waals surface area contributed by atoms with Gasteiger partial charge in [-0.3, -0.25) is 14.5 Å². The van der Waals surface area contributed by atoms with Crippen LogP contribution in [0.15, 0.2) is 27.5 Å². The highest BCUT2D eigenvalue weighted by Gasteiger charge is 2.25. The molecule has 0 radical (unpaired) electrons. The molecule has 2 aromatic rings. The number of aryl methyl sites for hydroxylation is 1. The van der Waals surface area contributed by atoms with E-state index in [4.69, 9.17) is 4.42 Å². The van der Waals surface area contributed by atoms with Gasteiger partial charge in [-0.25, -0.2) is 0 Å². The van der Waals surface area contributed by atoms with Gasteiger partial charge in [-0.2, -0.15) is 0 Å². The quantitative estimate of drug-likeness (QED) is 0.863. The maximum Gasteiger partial charge on any atom is 0.289 e. The van der Waals surface area contributed by atoms with E-state index in [1.165, 1.54) is 0 Å². The first-order valence-corrected chi connectivity index (χ1v) is 9.39. The van der Waals surface area contributed by atoms with Crippen LogP contribution in [0, 0.1) is 0 Å². The van der Waals surface area contributed by atoms with Crippen LogP contribution in [-0.4, -0.2) is 40.3 Å². The second-order valence-corrected chi connectivity index (χ2v) is 6.70. The van der Waals surface area contributed by atoms with Crippen LogP contribution >= 0.6 is 0 Å². The maximum atomic E-state index is 12.9. The number of nitrogens with zero attached hydrogens (tertiary/aromatic N) is 2. The van der Waals surface area contributed by atoms with Gasteiger partial charge >= 0.3 is 0 Å². The van der Waals surface area contributed by atoms with E-state index in [2.05, 4.69) is 23.7 Å². The normalized spacial score (nSPS) is 13.9. The summed E-state index contributed by atoms with van der Waals surface area (Å²) in [6.45, 7) is 10.2. The minimum Gasteiger partial charge on any atom is -0.456 e. The number of H-pyrrole nitrogens is 1. The van der Waals surface area contributed by atoms with Gasteiger partial charge in [-0.05, 0) is 36.7 Å². The van der Waals surface area contributed by atoms with E-state index in [9.17, 15) is 9.59 Å². The Morgan fingerprint density at radius 3 is 2.69 bits per heavy atom. The highest BCUT2D eigenvalue weighted by atomic mass is 16.4. The average Bonchev–Trinajstić information content (AvgIpc) is 3.07. The number of pyridine rings is 1. The average molecular weight is 357 g/mol. The van der Waals surface area contributed by atoms with Crippen LogP contribution in [0.4, 0.5) is 0 Å². The smallest absolute Gasteiger partial charge is 0.289 e. The van der Waals surface area contributed by atoms with E-state index in [1.54, 1.807) is 17.2 Å². The summed E-state index contributed by atoms with van der Waals surface area (Å²) in [5.41, 5.74) is 3.02. The van der Waals surface area contributed by atoms with Gasteiger partial charge in [0.15, 0.2) is 5.76 Å². The van der Waals surface area contributed by atoms with Gasteiger partial charge in [0.2, 0.25) is 5.56 Å². The molecule has 0 spiro atoms. The lowest BCUT2D eigenvalue weighted by Gasteiger charge is -2.27. The standard InChI is InChI=1S/C20H27N3O3/c1-4-17-15(12-22(5-2)6-3)9-18(26-17)20(25)23-8-7-14-10-19(24)21-11-16(14)13-23/h9-11H,4-8,12-13H2,1-3H3,(H,21,24). The molecule has 0 aliphatic carbocycles. The molecule has 2 aromatic heterocycles. The Morgan fingerprint density at radius 2 is 2.00 bits per heavy atom. The molecule has 0 saturated carbocycles. The number of aromatic nitrogens is 1. The van der Waals surface area contributed by atoms with Crippen molar-refractivity contribution in [3.05, 3.63) is 56.9 Å². The number of hydrogen-bond donors (Lipinski definition) is 1. The van der Waals surface area contributed by atoms with Crippen molar-refractivity contribution < 1.29 is 9.21 Å². The van der Waals surface area contributed by atoms with Crippen molar-refractivity contribution in [1.82, 2.24) is 14.8 Å². The van der Waals surface area contributed by atoms with Crippen LogP contribution in [0.3, 0.4) is 0 Å². The van der Waals surface area contributed by atoms with E-state index < -0.39 is 0 Å². The van der Waals surface area contributed by atoms with Crippen LogP contribution < -0.4 is 5.56 Å². The van der Waals surface area contributed by atoms with Crippen molar-refractivity contribution in [3.63, 3.8) is 0 Å². The molecule has 6 nitrogen and oxygen atoms in total. The summed E-state index contributed by atoms with van der Waals surface area (Å²) < 4.78 is 5.90. The van der Waals surface area contributed by atoms with Crippen LogP contribution in [-0.2, 0) is 25.9 Å². The fraction of sp³-hybridized carbons (Fsp3) is 0.500. The van der Waals surface area contributed by atoms with Crippen molar-refractivity contribution >= 4 is 5.91 Å². The third-order valence-electron chi connectivity index (χ3n) is 5.12.